The van der Waals surface area contributed by atoms with Crippen LogP contribution in [0.1, 0.15) is 23.3 Å². The van der Waals surface area contributed by atoms with E-state index in [0.29, 0.717) is 5.56 Å². The highest BCUT2D eigenvalue weighted by atomic mass is 35.5. The van der Waals surface area contributed by atoms with Crippen LogP contribution in [-0.4, -0.2) is 32.1 Å². The number of anilines is 1. The lowest BCUT2D eigenvalue weighted by atomic mass is 9.92. The molecule has 1 amide bonds. The molecule has 1 aromatic heterocycles. The number of β-lactam (4-membered cyclic amide) rings is 1. The van der Waals surface area contributed by atoms with Crippen molar-refractivity contribution < 1.29 is 19.4 Å². The number of phenols is 1. The van der Waals surface area contributed by atoms with E-state index in [1.54, 1.807) is 47.6 Å². The van der Waals surface area contributed by atoms with Crippen molar-refractivity contribution >= 4 is 35.0 Å². The average Bonchev–Trinajstić information content (AvgIpc) is 2.90. The molecule has 5 rings (SSSR count). The van der Waals surface area contributed by atoms with Gasteiger partial charge in [0.2, 0.25) is 5.91 Å². The first-order valence-electron chi connectivity index (χ1n) is 11.3. The molecule has 4 aromatic rings. The van der Waals surface area contributed by atoms with E-state index in [1.165, 1.54) is 23.9 Å². The number of pyridine rings is 1. The number of phenolic OH excluding ortho intramolecular Hbond substituents is 1. The number of aliphatic hydroxyl groups excluding tert-OH is 1. The Bertz CT molecular complexity index is 1370. The van der Waals surface area contributed by atoms with Gasteiger partial charge in [-0.1, -0.05) is 48.0 Å². The summed E-state index contributed by atoms with van der Waals surface area (Å²) < 4.78 is 13.8. The SMILES string of the molecule is O=C1[C@H](SC[C@@H](O)c2ccc(Cl)c(F)c2)[C@@H](c2ccc(O)cc2)N1c1ccc(-c2cccnc2)cc1. The number of benzene rings is 3. The van der Waals surface area contributed by atoms with Crippen LogP contribution < -0.4 is 4.90 Å². The maximum Gasteiger partial charge on any atom is 0.243 e. The highest BCUT2D eigenvalue weighted by molar-refractivity contribution is 8.00. The lowest BCUT2D eigenvalue weighted by Gasteiger charge is -2.47. The smallest absolute Gasteiger partial charge is 0.243 e. The van der Waals surface area contributed by atoms with Gasteiger partial charge in [0.15, 0.2) is 0 Å². The summed E-state index contributed by atoms with van der Waals surface area (Å²) in [5.41, 5.74) is 4.00. The quantitative estimate of drug-likeness (QED) is 0.285. The van der Waals surface area contributed by atoms with Crippen LogP contribution in [0.25, 0.3) is 11.1 Å². The highest BCUT2D eigenvalue weighted by Crippen LogP contribution is 2.46. The largest absolute Gasteiger partial charge is 0.508 e. The first-order valence-corrected chi connectivity index (χ1v) is 12.7. The molecule has 3 atom stereocenters. The van der Waals surface area contributed by atoms with Crippen molar-refractivity contribution in [2.24, 2.45) is 0 Å². The van der Waals surface area contributed by atoms with Crippen LogP contribution in [0.4, 0.5) is 10.1 Å². The lowest BCUT2D eigenvalue weighted by Crippen LogP contribution is -2.57. The Labute approximate surface area is 217 Å². The van der Waals surface area contributed by atoms with Gasteiger partial charge in [0.1, 0.15) is 16.8 Å². The van der Waals surface area contributed by atoms with Crippen molar-refractivity contribution in [2.45, 2.75) is 17.4 Å². The third kappa shape index (κ3) is 4.82. The predicted octanol–water partition coefficient (Wildman–Crippen LogP) is 6.17. The predicted molar refractivity (Wildman–Crippen MR) is 141 cm³/mol. The van der Waals surface area contributed by atoms with Gasteiger partial charge in [0.05, 0.1) is 17.2 Å². The monoisotopic (exact) mass is 520 g/mol. The van der Waals surface area contributed by atoms with Crippen LogP contribution in [0.15, 0.2) is 91.3 Å². The Morgan fingerprint density at radius 1 is 1.03 bits per heavy atom. The molecule has 2 heterocycles. The van der Waals surface area contributed by atoms with E-state index in [4.69, 9.17) is 11.6 Å². The Hall–Kier alpha value is -3.39. The van der Waals surface area contributed by atoms with E-state index in [2.05, 4.69) is 4.98 Å². The molecule has 0 bridgehead atoms. The fraction of sp³-hybridized carbons (Fsp3) is 0.143. The molecule has 182 valence electrons. The summed E-state index contributed by atoms with van der Waals surface area (Å²) in [6, 6.07) is 22.2. The van der Waals surface area contributed by atoms with Gasteiger partial charge in [-0.25, -0.2) is 4.39 Å². The molecular formula is C28H22ClFN2O3S. The second-order valence-corrected chi connectivity index (χ2v) is 10.1. The van der Waals surface area contributed by atoms with Gasteiger partial charge in [-0.05, 0) is 64.7 Å². The third-order valence-corrected chi connectivity index (χ3v) is 7.82. The van der Waals surface area contributed by atoms with E-state index in [0.717, 1.165) is 22.4 Å². The summed E-state index contributed by atoms with van der Waals surface area (Å²) in [7, 11) is 0. The normalized spacial score (nSPS) is 18.1. The second-order valence-electron chi connectivity index (χ2n) is 8.48. The van der Waals surface area contributed by atoms with E-state index < -0.39 is 17.2 Å². The number of aromatic nitrogens is 1. The molecule has 2 N–H and O–H groups in total. The van der Waals surface area contributed by atoms with Crippen molar-refractivity contribution in [2.75, 3.05) is 10.7 Å². The Balaban J connectivity index is 1.37. The van der Waals surface area contributed by atoms with Gasteiger partial charge in [0.25, 0.3) is 0 Å². The molecule has 0 aliphatic carbocycles. The van der Waals surface area contributed by atoms with Gasteiger partial charge in [-0.3, -0.25) is 9.78 Å². The van der Waals surface area contributed by atoms with Gasteiger partial charge in [-0.2, -0.15) is 0 Å². The van der Waals surface area contributed by atoms with Crippen LogP contribution in [0.2, 0.25) is 5.02 Å². The fourth-order valence-corrected chi connectivity index (χ4v) is 5.68. The minimum Gasteiger partial charge on any atom is -0.508 e. The van der Waals surface area contributed by atoms with Crippen molar-refractivity contribution in [3.05, 3.63) is 113 Å². The average molecular weight is 521 g/mol. The summed E-state index contributed by atoms with van der Waals surface area (Å²) in [6.07, 6.45) is 2.55. The van der Waals surface area contributed by atoms with Gasteiger partial charge >= 0.3 is 0 Å². The molecule has 5 nitrogen and oxygen atoms in total. The molecule has 0 saturated carbocycles. The number of amides is 1. The first kappa shape index (κ1) is 24.3. The number of aromatic hydroxyl groups is 1. The van der Waals surface area contributed by atoms with E-state index in [9.17, 15) is 19.4 Å². The minimum absolute atomic E-state index is 0.00893. The van der Waals surface area contributed by atoms with Crippen molar-refractivity contribution in [3.8, 4) is 16.9 Å². The molecule has 1 aliphatic rings. The third-order valence-electron chi connectivity index (χ3n) is 6.18. The number of nitrogens with zero attached hydrogens (tertiary/aromatic N) is 2. The van der Waals surface area contributed by atoms with E-state index in [-0.39, 0.29) is 28.5 Å². The number of thioether (sulfide) groups is 1. The minimum atomic E-state index is -0.956. The molecule has 0 radical (unpaired) electrons. The van der Waals surface area contributed by atoms with Crippen LogP contribution in [0, 0.1) is 5.82 Å². The topological polar surface area (TPSA) is 73.7 Å². The van der Waals surface area contributed by atoms with Gasteiger partial charge < -0.3 is 15.1 Å². The van der Waals surface area contributed by atoms with Crippen LogP contribution in [-0.2, 0) is 4.79 Å². The number of carbonyl (C=O) groups excluding carboxylic acids is 1. The molecular weight excluding hydrogens is 499 g/mol. The molecule has 0 spiro atoms. The van der Waals surface area contributed by atoms with Crippen LogP contribution in [0.3, 0.4) is 0 Å². The van der Waals surface area contributed by atoms with Crippen molar-refractivity contribution in [3.63, 3.8) is 0 Å². The van der Waals surface area contributed by atoms with Crippen molar-refractivity contribution in [1.82, 2.24) is 4.98 Å². The van der Waals surface area contributed by atoms with Crippen LogP contribution >= 0.6 is 23.4 Å². The van der Waals surface area contributed by atoms with Gasteiger partial charge in [0, 0.05) is 23.8 Å². The molecule has 1 saturated heterocycles. The fourth-order valence-electron chi connectivity index (χ4n) is 4.27. The zero-order valence-corrected chi connectivity index (χ0v) is 20.5. The number of hydrogen-bond acceptors (Lipinski definition) is 5. The molecule has 1 fully saturated rings. The van der Waals surface area contributed by atoms with Gasteiger partial charge in [-0.15, -0.1) is 11.8 Å². The Kier molecular flexibility index (Phi) is 6.96. The zero-order valence-electron chi connectivity index (χ0n) is 19.0. The standard InChI is InChI=1S/C28H22ClFN2O3S/c29-23-12-7-19(14-24(23)30)25(34)16-36-27-26(18-5-10-22(33)11-6-18)32(28(27)35)21-8-3-17(4-9-21)20-2-1-13-31-15-20/h1-15,25-27,33-34H,16H2/t25-,26-,27-/m1/s1. The highest BCUT2D eigenvalue weighted by Gasteiger charge is 2.49. The maximum atomic E-state index is 13.8. The molecule has 36 heavy (non-hydrogen) atoms. The molecule has 3 aromatic carbocycles. The number of halogens is 2. The molecule has 1 aliphatic heterocycles. The zero-order chi connectivity index (χ0) is 25.2. The maximum absolute atomic E-state index is 13.8. The Morgan fingerprint density at radius 3 is 2.44 bits per heavy atom. The number of aliphatic hydroxyl groups is 1. The molecule has 8 heteroatoms. The summed E-state index contributed by atoms with van der Waals surface area (Å²) in [4.78, 5) is 19.2. The lowest BCUT2D eigenvalue weighted by molar-refractivity contribution is -0.123. The summed E-state index contributed by atoms with van der Waals surface area (Å²) in [5.74, 6) is -0.330. The number of rotatable bonds is 7. The van der Waals surface area contributed by atoms with E-state index in [1.807, 2.05) is 36.4 Å². The summed E-state index contributed by atoms with van der Waals surface area (Å²) >= 11 is 7.07. The van der Waals surface area contributed by atoms with E-state index >= 15 is 0 Å². The number of carbonyl (C=O) groups is 1. The number of hydrogen-bond donors (Lipinski definition) is 2. The van der Waals surface area contributed by atoms with Crippen LogP contribution in [0.5, 0.6) is 5.75 Å². The second kappa shape index (κ2) is 10.3. The Morgan fingerprint density at radius 2 is 1.78 bits per heavy atom. The molecule has 0 unspecified atom stereocenters. The summed E-state index contributed by atoms with van der Waals surface area (Å²) in [6.45, 7) is 0. The summed E-state index contributed by atoms with van der Waals surface area (Å²) in [5, 5.41) is 19.9. The first-order chi connectivity index (χ1) is 17.4. The van der Waals surface area contributed by atoms with Crippen molar-refractivity contribution in [1.29, 1.82) is 0 Å².